The highest BCUT2D eigenvalue weighted by Gasteiger charge is 2.30. The summed E-state index contributed by atoms with van der Waals surface area (Å²) in [7, 11) is -0.871. The van der Waals surface area contributed by atoms with Gasteiger partial charge in [-0.15, -0.1) is 0 Å². The molecule has 0 atom stereocenters. The summed E-state index contributed by atoms with van der Waals surface area (Å²) in [6, 6.07) is 4.39. The van der Waals surface area contributed by atoms with Crippen LogP contribution in [0.25, 0.3) is 10.8 Å². The molecule has 3 saturated heterocycles. The van der Waals surface area contributed by atoms with Gasteiger partial charge in [-0.05, 0) is 82.6 Å². The lowest BCUT2D eigenvalue weighted by atomic mass is 9.79. The van der Waals surface area contributed by atoms with Crippen LogP contribution in [0.3, 0.4) is 0 Å². The molecular formula is C25H38N6O2S. The average Bonchev–Trinajstić information content (AvgIpc) is 2.84. The highest BCUT2D eigenvalue weighted by atomic mass is 32.2. The summed E-state index contributed by atoms with van der Waals surface area (Å²) in [4.78, 5) is 14.4. The summed E-state index contributed by atoms with van der Waals surface area (Å²) in [6.45, 7) is 5.74. The lowest BCUT2D eigenvalue weighted by Gasteiger charge is -2.40. The Morgan fingerprint density at radius 2 is 1.56 bits per heavy atom. The predicted octanol–water partition coefficient (Wildman–Crippen LogP) is 3.02. The van der Waals surface area contributed by atoms with Crippen molar-refractivity contribution in [3.05, 3.63) is 24.5 Å². The third kappa shape index (κ3) is 5.31. The first kappa shape index (κ1) is 23.8. The van der Waals surface area contributed by atoms with Crippen LogP contribution in [-0.2, 0) is 10.0 Å². The van der Waals surface area contributed by atoms with Crippen molar-refractivity contribution >= 4 is 32.4 Å². The molecule has 5 rings (SSSR count). The third-order valence-electron chi connectivity index (χ3n) is 8.17. The second-order valence-electron chi connectivity index (χ2n) is 10.5. The fourth-order valence-electron chi connectivity index (χ4n) is 6.00. The Morgan fingerprint density at radius 1 is 0.912 bits per heavy atom. The van der Waals surface area contributed by atoms with Crippen LogP contribution in [0.2, 0.25) is 0 Å². The normalized spacial score (nSPS) is 22.9. The topological polar surface area (TPSA) is 81.7 Å². The first-order chi connectivity index (χ1) is 16.4. The number of hydrogen-bond acceptors (Lipinski definition) is 7. The number of nitrogens with zero attached hydrogens (tertiary/aromatic N) is 5. The van der Waals surface area contributed by atoms with Gasteiger partial charge in [0.25, 0.3) is 0 Å². The number of likely N-dealkylation sites (tertiary alicyclic amines) is 1. The molecule has 2 aromatic heterocycles. The van der Waals surface area contributed by atoms with Crippen LogP contribution in [0.1, 0.15) is 38.5 Å². The van der Waals surface area contributed by atoms with E-state index in [0.29, 0.717) is 13.1 Å². The number of piperidine rings is 3. The summed E-state index contributed by atoms with van der Waals surface area (Å²) >= 11 is 0. The van der Waals surface area contributed by atoms with Gasteiger partial charge in [-0.3, -0.25) is 0 Å². The molecule has 3 aliphatic rings. The highest BCUT2D eigenvalue weighted by Crippen LogP contribution is 2.35. The highest BCUT2D eigenvalue weighted by molar-refractivity contribution is 7.88. The zero-order valence-corrected chi connectivity index (χ0v) is 21.3. The van der Waals surface area contributed by atoms with Crippen LogP contribution < -0.4 is 10.2 Å². The summed E-state index contributed by atoms with van der Waals surface area (Å²) in [5.41, 5.74) is 0. The second kappa shape index (κ2) is 9.95. The van der Waals surface area contributed by atoms with E-state index in [1.54, 1.807) is 4.31 Å². The maximum absolute atomic E-state index is 11.8. The van der Waals surface area contributed by atoms with E-state index >= 15 is 0 Å². The molecule has 0 saturated carbocycles. The maximum Gasteiger partial charge on any atom is 0.211 e. The van der Waals surface area contributed by atoms with Gasteiger partial charge in [0.15, 0.2) is 0 Å². The molecule has 186 valence electrons. The van der Waals surface area contributed by atoms with E-state index < -0.39 is 10.0 Å². The minimum absolute atomic E-state index is 0.230. The Labute approximate surface area is 203 Å². The van der Waals surface area contributed by atoms with E-state index in [-0.39, 0.29) is 6.04 Å². The first-order valence-electron chi connectivity index (χ1n) is 12.8. The van der Waals surface area contributed by atoms with Gasteiger partial charge in [0.2, 0.25) is 10.0 Å². The fraction of sp³-hybridized carbons (Fsp3) is 0.680. The van der Waals surface area contributed by atoms with E-state index in [9.17, 15) is 8.42 Å². The molecular weight excluding hydrogens is 448 g/mol. The van der Waals surface area contributed by atoms with E-state index in [2.05, 4.69) is 33.2 Å². The van der Waals surface area contributed by atoms with Crippen molar-refractivity contribution in [1.82, 2.24) is 19.2 Å². The SMILES string of the molecule is CN1CCC(C2CCN(c3nccc4cnc(NC5CCN(S(C)(=O)=O)CC5)cc34)CC2)CC1. The minimum Gasteiger partial charge on any atom is -0.367 e. The van der Waals surface area contributed by atoms with Crippen LogP contribution >= 0.6 is 0 Å². The number of sulfonamides is 1. The third-order valence-corrected chi connectivity index (χ3v) is 9.47. The Hall–Kier alpha value is -1.97. The molecule has 0 amide bonds. The number of rotatable bonds is 5. The number of hydrogen-bond donors (Lipinski definition) is 1. The zero-order valence-electron chi connectivity index (χ0n) is 20.5. The minimum atomic E-state index is -3.11. The van der Waals surface area contributed by atoms with Crippen molar-refractivity contribution in [3.8, 4) is 0 Å². The molecule has 0 aliphatic carbocycles. The van der Waals surface area contributed by atoms with Crippen LogP contribution in [0, 0.1) is 11.8 Å². The molecule has 5 heterocycles. The van der Waals surface area contributed by atoms with E-state index in [1.807, 2.05) is 18.5 Å². The molecule has 0 radical (unpaired) electrons. The Bertz CT molecular complexity index is 1090. The van der Waals surface area contributed by atoms with Gasteiger partial charge in [-0.2, -0.15) is 0 Å². The smallest absolute Gasteiger partial charge is 0.211 e. The Balaban J connectivity index is 1.25. The molecule has 2 aromatic rings. The predicted molar refractivity (Wildman–Crippen MR) is 138 cm³/mol. The van der Waals surface area contributed by atoms with Crippen molar-refractivity contribution in [3.63, 3.8) is 0 Å². The molecule has 9 heteroatoms. The summed E-state index contributed by atoms with van der Waals surface area (Å²) in [5.74, 6) is 3.64. The average molecular weight is 487 g/mol. The van der Waals surface area contributed by atoms with Crippen LogP contribution in [-0.4, -0.2) is 86.2 Å². The molecule has 34 heavy (non-hydrogen) atoms. The number of fused-ring (bicyclic) bond motifs is 1. The monoisotopic (exact) mass is 486 g/mol. The molecule has 3 fully saturated rings. The van der Waals surface area contributed by atoms with Crippen LogP contribution in [0.15, 0.2) is 24.5 Å². The molecule has 1 N–H and O–H groups in total. The number of aromatic nitrogens is 2. The molecule has 0 aromatic carbocycles. The Morgan fingerprint density at radius 3 is 2.21 bits per heavy atom. The van der Waals surface area contributed by atoms with Crippen molar-refractivity contribution < 1.29 is 8.42 Å². The fourth-order valence-corrected chi connectivity index (χ4v) is 6.88. The van der Waals surface area contributed by atoms with E-state index in [4.69, 9.17) is 4.98 Å². The lowest BCUT2D eigenvalue weighted by Crippen LogP contribution is -2.41. The zero-order chi connectivity index (χ0) is 23.7. The molecule has 0 bridgehead atoms. The summed E-state index contributed by atoms with van der Waals surface area (Å²) in [6.07, 6.45) is 11.9. The molecule has 0 unspecified atom stereocenters. The van der Waals surface area contributed by atoms with Gasteiger partial charge < -0.3 is 15.1 Å². The van der Waals surface area contributed by atoms with E-state index in [1.165, 1.54) is 45.0 Å². The van der Waals surface area contributed by atoms with Gasteiger partial charge in [-0.1, -0.05) is 0 Å². The molecule has 8 nitrogen and oxygen atoms in total. The van der Waals surface area contributed by atoms with Crippen molar-refractivity contribution in [1.29, 1.82) is 0 Å². The molecule has 0 spiro atoms. The lowest BCUT2D eigenvalue weighted by molar-refractivity contribution is 0.154. The summed E-state index contributed by atoms with van der Waals surface area (Å²) < 4.78 is 25.1. The van der Waals surface area contributed by atoms with Gasteiger partial charge >= 0.3 is 0 Å². The number of pyridine rings is 2. The second-order valence-corrected chi connectivity index (χ2v) is 12.5. The standard InChI is InChI=1S/C25H38N6O2S/c1-29-11-4-19(5-12-29)20-6-13-30(14-7-20)25-23-17-24(27-18-21(23)3-10-26-25)28-22-8-15-31(16-9-22)34(2,32)33/h3,10,17-20,22H,4-9,11-16H2,1-2H3,(H,27,28). The van der Waals surface area contributed by atoms with Gasteiger partial charge in [0, 0.05) is 55.4 Å². The van der Waals surface area contributed by atoms with Crippen LogP contribution in [0.5, 0.6) is 0 Å². The van der Waals surface area contributed by atoms with Gasteiger partial charge in [0.05, 0.1) is 6.26 Å². The number of nitrogens with one attached hydrogen (secondary N) is 1. The largest absolute Gasteiger partial charge is 0.367 e. The summed E-state index contributed by atoms with van der Waals surface area (Å²) in [5, 5.41) is 5.80. The maximum atomic E-state index is 11.8. The van der Waals surface area contributed by atoms with Gasteiger partial charge in [0.1, 0.15) is 11.6 Å². The first-order valence-corrected chi connectivity index (χ1v) is 14.6. The van der Waals surface area contributed by atoms with Crippen LogP contribution in [0.4, 0.5) is 11.6 Å². The molecule has 3 aliphatic heterocycles. The van der Waals surface area contributed by atoms with Crippen molar-refractivity contribution in [2.75, 3.05) is 62.8 Å². The van der Waals surface area contributed by atoms with Gasteiger partial charge in [-0.25, -0.2) is 22.7 Å². The Kier molecular flexibility index (Phi) is 6.95. The quantitative estimate of drug-likeness (QED) is 0.696. The van der Waals surface area contributed by atoms with Crippen molar-refractivity contribution in [2.24, 2.45) is 11.8 Å². The van der Waals surface area contributed by atoms with Crippen molar-refractivity contribution in [2.45, 2.75) is 44.6 Å². The van der Waals surface area contributed by atoms with E-state index in [0.717, 1.165) is 60.2 Å². The number of anilines is 2.